The number of carbonyl (C=O) groups is 2. The Kier molecular flexibility index (Phi) is 6.81. The molecule has 2 aromatic rings. The summed E-state index contributed by atoms with van der Waals surface area (Å²) in [6.45, 7) is 0.404. The monoisotopic (exact) mass is 427 g/mol. The maximum absolute atomic E-state index is 13.0. The summed E-state index contributed by atoms with van der Waals surface area (Å²) in [7, 11) is 5.99. The molecule has 0 radical (unpaired) electrons. The fourth-order valence-electron chi connectivity index (χ4n) is 3.65. The molecular formula is C23H25NO7. The third kappa shape index (κ3) is 4.06. The van der Waals surface area contributed by atoms with Crippen LogP contribution >= 0.6 is 0 Å². The van der Waals surface area contributed by atoms with Crippen molar-refractivity contribution in [3.8, 4) is 17.2 Å². The van der Waals surface area contributed by atoms with Crippen LogP contribution in [-0.2, 0) is 14.3 Å². The number of aliphatic hydroxyl groups excluding tert-OH is 1. The van der Waals surface area contributed by atoms with Crippen molar-refractivity contribution < 1.29 is 33.6 Å². The molecular weight excluding hydrogens is 402 g/mol. The van der Waals surface area contributed by atoms with Gasteiger partial charge in [0.05, 0.1) is 39.6 Å². The Morgan fingerprint density at radius 1 is 0.935 bits per heavy atom. The fourth-order valence-corrected chi connectivity index (χ4v) is 3.65. The van der Waals surface area contributed by atoms with Crippen LogP contribution in [0.4, 0.5) is 0 Å². The van der Waals surface area contributed by atoms with Gasteiger partial charge >= 0.3 is 0 Å². The molecule has 0 spiro atoms. The van der Waals surface area contributed by atoms with Gasteiger partial charge in [-0.1, -0.05) is 18.2 Å². The number of benzene rings is 2. The number of para-hydroxylation sites is 1. The first-order valence-corrected chi connectivity index (χ1v) is 9.61. The van der Waals surface area contributed by atoms with Crippen molar-refractivity contribution in [2.75, 3.05) is 41.6 Å². The minimum atomic E-state index is -0.834. The second kappa shape index (κ2) is 9.53. The average molecular weight is 427 g/mol. The SMILES string of the molecule is COCCN1C(=O)C(=O)/C(=C(/O)c2ccc(OC)c(OC)c2)C1c1ccccc1OC. The maximum Gasteiger partial charge on any atom is 0.295 e. The van der Waals surface area contributed by atoms with E-state index in [-0.39, 0.29) is 24.5 Å². The van der Waals surface area contributed by atoms with Crippen LogP contribution < -0.4 is 14.2 Å². The van der Waals surface area contributed by atoms with E-state index in [9.17, 15) is 14.7 Å². The van der Waals surface area contributed by atoms with E-state index >= 15 is 0 Å². The number of ether oxygens (including phenoxy) is 4. The Labute approximate surface area is 180 Å². The zero-order valence-electron chi connectivity index (χ0n) is 17.9. The number of Topliss-reactive ketones (excluding diaryl/α,β-unsaturated/α-hetero) is 1. The minimum Gasteiger partial charge on any atom is -0.507 e. The number of amides is 1. The summed E-state index contributed by atoms with van der Waals surface area (Å²) in [6, 6.07) is 11.0. The summed E-state index contributed by atoms with van der Waals surface area (Å²) in [6.07, 6.45) is 0. The van der Waals surface area contributed by atoms with Gasteiger partial charge in [0.2, 0.25) is 0 Å². The van der Waals surface area contributed by atoms with Gasteiger partial charge in [0, 0.05) is 24.8 Å². The van der Waals surface area contributed by atoms with Crippen molar-refractivity contribution in [1.29, 1.82) is 0 Å². The lowest BCUT2D eigenvalue weighted by molar-refractivity contribution is -0.140. The molecule has 1 unspecified atom stereocenters. The van der Waals surface area contributed by atoms with Crippen molar-refractivity contribution in [1.82, 2.24) is 4.90 Å². The van der Waals surface area contributed by atoms with Gasteiger partial charge in [-0.3, -0.25) is 9.59 Å². The first-order chi connectivity index (χ1) is 15.0. The molecule has 1 atom stereocenters. The van der Waals surface area contributed by atoms with Crippen LogP contribution in [0.15, 0.2) is 48.0 Å². The van der Waals surface area contributed by atoms with Gasteiger partial charge in [0.15, 0.2) is 11.5 Å². The van der Waals surface area contributed by atoms with Crippen molar-refractivity contribution in [3.05, 3.63) is 59.2 Å². The predicted octanol–water partition coefficient (Wildman–Crippen LogP) is 2.78. The largest absolute Gasteiger partial charge is 0.507 e. The van der Waals surface area contributed by atoms with Gasteiger partial charge in [-0.25, -0.2) is 0 Å². The van der Waals surface area contributed by atoms with E-state index in [0.717, 1.165) is 0 Å². The van der Waals surface area contributed by atoms with Crippen molar-refractivity contribution in [2.24, 2.45) is 0 Å². The van der Waals surface area contributed by atoms with E-state index in [0.29, 0.717) is 28.4 Å². The minimum absolute atomic E-state index is 0.0298. The summed E-state index contributed by atoms with van der Waals surface area (Å²) in [4.78, 5) is 27.2. The quantitative estimate of drug-likeness (QED) is 0.393. The molecule has 8 heteroatoms. The molecule has 0 aromatic heterocycles. The standard InChI is InChI=1S/C23H25NO7/c1-28-12-11-24-20(15-7-5-6-8-16(15)29-2)19(22(26)23(24)27)21(25)14-9-10-17(30-3)18(13-14)31-4/h5-10,13,20,25H,11-12H2,1-4H3/b21-19+. The van der Waals surface area contributed by atoms with Crippen LogP contribution in [0, 0.1) is 0 Å². The van der Waals surface area contributed by atoms with Gasteiger partial charge < -0.3 is 29.0 Å². The van der Waals surface area contributed by atoms with Crippen LogP contribution in [0.3, 0.4) is 0 Å². The topological polar surface area (TPSA) is 94.5 Å². The molecule has 0 saturated carbocycles. The molecule has 1 fully saturated rings. The van der Waals surface area contributed by atoms with Gasteiger partial charge in [0.1, 0.15) is 11.5 Å². The Morgan fingerprint density at radius 3 is 2.26 bits per heavy atom. The van der Waals surface area contributed by atoms with Crippen LogP contribution in [0.1, 0.15) is 17.2 Å². The number of nitrogens with zero attached hydrogens (tertiary/aromatic N) is 1. The smallest absolute Gasteiger partial charge is 0.295 e. The van der Waals surface area contributed by atoms with Gasteiger partial charge in [-0.2, -0.15) is 0 Å². The molecule has 2 aromatic carbocycles. The lowest BCUT2D eigenvalue weighted by atomic mass is 9.94. The van der Waals surface area contributed by atoms with Crippen LogP contribution in [0.2, 0.25) is 0 Å². The normalized spacial score (nSPS) is 17.7. The van der Waals surface area contributed by atoms with Crippen LogP contribution in [-0.4, -0.2) is 63.3 Å². The number of hydrogen-bond acceptors (Lipinski definition) is 7. The zero-order chi connectivity index (χ0) is 22.5. The van der Waals surface area contributed by atoms with Gasteiger partial charge in [0.25, 0.3) is 11.7 Å². The molecule has 1 heterocycles. The lowest BCUT2D eigenvalue weighted by Crippen LogP contribution is -2.32. The first-order valence-electron chi connectivity index (χ1n) is 9.61. The molecule has 1 aliphatic rings. The Bertz CT molecular complexity index is 1010. The Balaban J connectivity index is 2.21. The Morgan fingerprint density at radius 2 is 1.61 bits per heavy atom. The number of carbonyl (C=O) groups excluding carboxylic acids is 2. The molecule has 8 nitrogen and oxygen atoms in total. The second-order valence-corrected chi connectivity index (χ2v) is 6.80. The second-order valence-electron chi connectivity index (χ2n) is 6.80. The first kappa shape index (κ1) is 22.2. The summed E-state index contributed by atoms with van der Waals surface area (Å²) in [5.74, 6) is -0.450. The fraction of sp³-hybridized carbons (Fsp3) is 0.304. The predicted molar refractivity (Wildman–Crippen MR) is 113 cm³/mol. The molecule has 0 bridgehead atoms. The van der Waals surface area contributed by atoms with E-state index in [1.165, 1.54) is 33.3 Å². The Hall–Kier alpha value is -3.52. The average Bonchev–Trinajstić information content (AvgIpc) is 3.06. The molecule has 164 valence electrons. The number of hydrogen-bond donors (Lipinski definition) is 1. The highest BCUT2D eigenvalue weighted by molar-refractivity contribution is 6.46. The van der Waals surface area contributed by atoms with Gasteiger partial charge in [-0.15, -0.1) is 0 Å². The molecule has 3 rings (SSSR count). The third-order valence-corrected chi connectivity index (χ3v) is 5.17. The maximum atomic E-state index is 13.0. The van der Waals surface area contributed by atoms with E-state index in [1.807, 2.05) is 0 Å². The number of aliphatic hydroxyl groups is 1. The molecule has 1 N–H and O–H groups in total. The van der Waals surface area contributed by atoms with Crippen molar-refractivity contribution in [2.45, 2.75) is 6.04 Å². The summed E-state index contributed by atoms with van der Waals surface area (Å²) >= 11 is 0. The van der Waals surface area contributed by atoms with E-state index in [1.54, 1.807) is 42.5 Å². The van der Waals surface area contributed by atoms with Crippen LogP contribution in [0.5, 0.6) is 17.2 Å². The summed E-state index contributed by atoms with van der Waals surface area (Å²) in [5, 5.41) is 11.1. The van der Waals surface area contributed by atoms with Crippen LogP contribution in [0.25, 0.3) is 5.76 Å². The van der Waals surface area contributed by atoms with Crippen molar-refractivity contribution >= 4 is 17.4 Å². The highest BCUT2D eigenvalue weighted by Crippen LogP contribution is 2.43. The van der Waals surface area contributed by atoms with Crippen molar-refractivity contribution in [3.63, 3.8) is 0 Å². The third-order valence-electron chi connectivity index (χ3n) is 5.17. The zero-order valence-corrected chi connectivity index (χ0v) is 17.9. The molecule has 31 heavy (non-hydrogen) atoms. The molecule has 1 saturated heterocycles. The van der Waals surface area contributed by atoms with E-state index in [4.69, 9.17) is 18.9 Å². The molecule has 0 aliphatic carbocycles. The summed E-state index contributed by atoms with van der Waals surface area (Å²) < 4.78 is 21.1. The number of ketones is 1. The summed E-state index contributed by atoms with van der Waals surface area (Å²) in [5.41, 5.74) is 0.877. The van der Waals surface area contributed by atoms with E-state index in [2.05, 4.69) is 0 Å². The van der Waals surface area contributed by atoms with E-state index < -0.39 is 17.7 Å². The number of likely N-dealkylation sites (tertiary alicyclic amines) is 1. The van der Waals surface area contributed by atoms with Gasteiger partial charge in [-0.05, 0) is 24.3 Å². The highest BCUT2D eigenvalue weighted by atomic mass is 16.5. The number of methoxy groups -OCH3 is 4. The molecule has 1 amide bonds. The lowest BCUT2D eigenvalue weighted by Gasteiger charge is -2.26. The molecule has 1 aliphatic heterocycles. The highest BCUT2D eigenvalue weighted by Gasteiger charge is 2.46. The number of rotatable bonds is 8.